The van der Waals surface area contributed by atoms with Gasteiger partial charge in [0.1, 0.15) is 0 Å². The zero-order valence-electron chi connectivity index (χ0n) is 10.5. The van der Waals surface area contributed by atoms with Crippen molar-refractivity contribution in [2.75, 3.05) is 19.7 Å². The standard InChI is InChI=1S/C13H24N2O2/c16-9-7-11-4-3-8-15(10-11)13(17)14-12-5-1-2-6-12/h11-12,16H,1-10H2,(H,14,17). The second kappa shape index (κ2) is 6.24. The maximum absolute atomic E-state index is 12.1. The first-order valence-electron chi connectivity index (χ1n) is 6.96. The molecule has 4 heteroatoms. The van der Waals surface area contributed by atoms with Crippen LogP contribution >= 0.6 is 0 Å². The molecule has 1 saturated heterocycles. The quantitative estimate of drug-likeness (QED) is 0.789. The molecule has 0 aromatic carbocycles. The van der Waals surface area contributed by atoms with E-state index >= 15 is 0 Å². The Morgan fingerprint density at radius 2 is 2.00 bits per heavy atom. The largest absolute Gasteiger partial charge is 0.396 e. The molecule has 1 heterocycles. The number of hydrogen-bond donors (Lipinski definition) is 2. The van der Waals surface area contributed by atoms with E-state index < -0.39 is 0 Å². The van der Waals surface area contributed by atoms with Crippen molar-refractivity contribution >= 4 is 6.03 Å². The molecule has 0 aromatic rings. The molecule has 2 rings (SSSR count). The molecule has 1 saturated carbocycles. The van der Waals surface area contributed by atoms with Crippen molar-refractivity contribution in [3.8, 4) is 0 Å². The summed E-state index contributed by atoms with van der Waals surface area (Å²) in [6.07, 6.45) is 7.82. The number of urea groups is 1. The Bertz CT molecular complexity index is 250. The summed E-state index contributed by atoms with van der Waals surface area (Å²) in [4.78, 5) is 14.0. The molecule has 4 nitrogen and oxygen atoms in total. The van der Waals surface area contributed by atoms with Gasteiger partial charge < -0.3 is 15.3 Å². The summed E-state index contributed by atoms with van der Waals surface area (Å²) in [5.41, 5.74) is 0. The van der Waals surface area contributed by atoms with Crippen molar-refractivity contribution in [3.63, 3.8) is 0 Å². The van der Waals surface area contributed by atoms with Crippen LogP contribution in [0.5, 0.6) is 0 Å². The number of rotatable bonds is 3. The Balaban J connectivity index is 1.77. The molecule has 0 spiro atoms. The van der Waals surface area contributed by atoms with E-state index in [0.717, 1.165) is 45.2 Å². The van der Waals surface area contributed by atoms with Crippen LogP contribution in [0, 0.1) is 5.92 Å². The molecule has 0 radical (unpaired) electrons. The highest BCUT2D eigenvalue weighted by atomic mass is 16.3. The first-order valence-corrected chi connectivity index (χ1v) is 6.96. The highest BCUT2D eigenvalue weighted by Crippen LogP contribution is 2.21. The molecule has 2 N–H and O–H groups in total. The van der Waals surface area contributed by atoms with Gasteiger partial charge in [0.05, 0.1) is 0 Å². The number of nitrogens with one attached hydrogen (secondary N) is 1. The minimum absolute atomic E-state index is 0.111. The average molecular weight is 240 g/mol. The normalized spacial score (nSPS) is 26.2. The third-order valence-electron chi connectivity index (χ3n) is 4.03. The molecule has 2 amide bonds. The van der Waals surface area contributed by atoms with Crippen LogP contribution in [0.3, 0.4) is 0 Å². The monoisotopic (exact) mass is 240 g/mol. The number of carbonyl (C=O) groups excluding carboxylic acids is 1. The molecule has 17 heavy (non-hydrogen) atoms. The van der Waals surface area contributed by atoms with Crippen LogP contribution in [0.2, 0.25) is 0 Å². The summed E-state index contributed by atoms with van der Waals surface area (Å²) < 4.78 is 0. The van der Waals surface area contributed by atoms with Gasteiger partial charge in [0.25, 0.3) is 0 Å². The number of nitrogens with zero attached hydrogens (tertiary/aromatic N) is 1. The van der Waals surface area contributed by atoms with Crippen LogP contribution in [-0.2, 0) is 0 Å². The Labute approximate surface area is 103 Å². The Hall–Kier alpha value is -0.770. The minimum atomic E-state index is 0.111. The number of carbonyl (C=O) groups is 1. The third-order valence-corrected chi connectivity index (χ3v) is 4.03. The van der Waals surface area contributed by atoms with Gasteiger partial charge in [-0.05, 0) is 38.0 Å². The van der Waals surface area contributed by atoms with E-state index in [9.17, 15) is 4.79 Å². The molecule has 98 valence electrons. The van der Waals surface area contributed by atoms with Gasteiger partial charge >= 0.3 is 6.03 Å². The number of likely N-dealkylation sites (tertiary alicyclic amines) is 1. The van der Waals surface area contributed by atoms with E-state index in [2.05, 4.69) is 5.32 Å². The molecule has 1 unspecified atom stereocenters. The molecule has 1 atom stereocenters. The highest BCUT2D eigenvalue weighted by molar-refractivity contribution is 5.74. The maximum Gasteiger partial charge on any atom is 0.317 e. The SMILES string of the molecule is O=C(NC1CCCC1)N1CCCC(CCO)C1. The van der Waals surface area contributed by atoms with E-state index in [-0.39, 0.29) is 12.6 Å². The van der Waals surface area contributed by atoms with E-state index in [1.54, 1.807) is 0 Å². The van der Waals surface area contributed by atoms with Crippen LogP contribution in [-0.4, -0.2) is 41.8 Å². The minimum Gasteiger partial charge on any atom is -0.396 e. The van der Waals surface area contributed by atoms with Crippen molar-refractivity contribution in [1.29, 1.82) is 0 Å². The van der Waals surface area contributed by atoms with Crippen LogP contribution in [0.1, 0.15) is 44.9 Å². The van der Waals surface area contributed by atoms with Crippen LogP contribution in [0.4, 0.5) is 4.79 Å². The zero-order valence-corrected chi connectivity index (χ0v) is 10.5. The average Bonchev–Trinajstić information content (AvgIpc) is 2.83. The molecular weight excluding hydrogens is 216 g/mol. The van der Waals surface area contributed by atoms with E-state index in [1.165, 1.54) is 12.8 Å². The second-order valence-electron chi connectivity index (χ2n) is 5.40. The van der Waals surface area contributed by atoms with Gasteiger partial charge in [-0.1, -0.05) is 12.8 Å². The van der Waals surface area contributed by atoms with Crippen LogP contribution < -0.4 is 5.32 Å². The summed E-state index contributed by atoms with van der Waals surface area (Å²) >= 11 is 0. The van der Waals surface area contributed by atoms with E-state index in [4.69, 9.17) is 5.11 Å². The van der Waals surface area contributed by atoms with Crippen molar-refractivity contribution in [2.24, 2.45) is 5.92 Å². The third kappa shape index (κ3) is 3.60. The maximum atomic E-state index is 12.1. The zero-order chi connectivity index (χ0) is 12.1. The lowest BCUT2D eigenvalue weighted by atomic mass is 9.95. The van der Waals surface area contributed by atoms with Crippen molar-refractivity contribution in [2.45, 2.75) is 51.0 Å². The number of amides is 2. The van der Waals surface area contributed by atoms with Crippen molar-refractivity contribution in [1.82, 2.24) is 10.2 Å². The highest BCUT2D eigenvalue weighted by Gasteiger charge is 2.25. The topological polar surface area (TPSA) is 52.6 Å². The smallest absolute Gasteiger partial charge is 0.317 e. The fourth-order valence-electron chi connectivity index (χ4n) is 3.00. The lowest BCUT2D eigenvalue weighted by Gasteiger charge is -2.33. The number of aliphatic hydroxyl groups is 1. The molecule has 1 aliphatic heterocycles. The van der Waals surface area contributed by atoms with Gasteiger partial charge in [0, 0.05) is 25.7 Å². The molecule has 0 bridgehead atoms. The molecule has 2 aliphatic rings. The lowest BCUT2D eigenvalue weighted by Crippen LogP contribution is -2.48. The predicted octanol–water partition coefficient (Wildman–Crippen LogP) is 1.73. The summed E-state index contributed by atoms with van der Waals surface area (Å²) in [7, 11) is 0. The first kappa shape index (κ1) is 12.7. The van der Waals surface area contributed by atoms with Gasteiger partial charge in [-0.2, -0.15) is 0 Å². The van der Waals surface area contributed by atoms with E-state index in [0.29, 0.717) is 12.0 Å². The summed E-state index contributed by atoms with van der Waals surface area (Å²) in [6.45, 7) is 1.93. The van der Waals surface area contributed by atoms with Crippen LogP contribution in [0.15, 0.2) is 0 Å². The fourth-order valence-corrected chi connectivity index (χ4v) is 3.00. The first-order chi connectivity index (χ1) is 8.29. The second-order valence-corrected chi connectivity index (χ2v) is 5.40. The molecule has 0 aromatic heterocycles. The summed E-state index contributed by atoms with van der Waals surface area (Å²) in [5, 5.41) is 12.1. The molecule has 1 aliphatic carbocycles. The fraction of sp³-hybridized carbons (Fsp3) is 0.923. The lowest BCUT2D eigenvalue weighted by molar-refractivity contribution is 0.147. The Kier molecular flexibility index (Phi) is 4.66. The Morgan fingerprint density at radius 3 is 2.71 bits per heavy atom. The predicted molar refractivity (Wildman–Crippen MR) is 66.8 cm³/mol. The van der Waals surface area contributed by atoms with Gasteiger partial charge in [0.15, 0.2) is 0 Å². The van der Waals surface area contributed by atoms with Crippen molar-refractivity contribution in [3.05, 3.63) is 0 Å². The van der Waals surface area contributed by atoms with Gasteiger partial charge in [-0.3, -0.25) is 0 Å². The summed E-state index contributed by atoms with van der Waals surface area (Å²) in [6, 6.07) is 0.514. The van der Waals surface area contributed by atoms with Crippen LogP contribution in [0.25, 0.3) is 0 Å². The molecule has 2 fully saturated rings. The summed E-state index contributed by atoms with van der Waals surface area (Å²) in [5.74, 6) is 0.489. The number of hydrogen-bond acceptors (Lipinski definition) is 2. The molecular formula is C13H24N2O2. The Morgan fingerprint density at radius 1 is 1.24 bits per heavy atom. The number of piperidine rings is 1. The van der Waals surface area contributed by atoms with Gasteiger partial charge in [-0.15, -0.1) is 0 Å². The van der Waals surface area contributed by atoms with Gasteiger partial charge in [-0.25, -0.2) is 4.79 Å². The van der Waals surface area contributed by atoms with E-state index in [1.807, 2.05) is 4.90 Å². The van der Waals surface area contributed by atoms with Gasteiger partial charge in [0.2, 0.25) is 0 Å². The van der Waals surface area contributed by atoms with Crippen molar-refractivity contribution < 1.29 is 9.90 Å². The number of aliphatic hydroxyl groups excluding tert-OH is 1.